The second-order valence-corrected chi connectivity index (χ2v) is 9.24. The fourth-order valence-corrected chi connectivity index (χ4v) is 4.59. The van der Waals surface area contributed by atoms with Crippen molar-refractivity contribution in [1.82, 2.24) is 9.97 Å². The number of nitrogens with one attached hydrogen (secondary N) is 1. The van der Waals surface area contributed by atoms with Gasteiger partial charge in [-0.25, -0.2) is 4.98 Å². The van der Waals surface area contributed by atoms with E-state index in [1.807, 2.05) is 30.5 Å². The molecule has 2 aromatic rings. The van der Waals surface area contributed by atoms with Gasteiger partial charge in [0.25, 0.3) is 0 Å². The Bertz CT molecular complexity index is 878. The Morgan fingerprint density at radius 2 is 1.55 bits per heavy atom. The molecule has 2 aliphatic heterocycles. The topological polar surface area (TPSA) is 74.7 Å². The number of rotatable bonds is 7. The lowest BCUT2D eigenvalue weighted by molar-refractivity contribution is 0.138. The van der Waals surface area contributed by atoms with E-state index < -0.39 is 0 Å². The molecule has 0 amide bonds. The Hall–Kier alpha value is -2.09. The molecule has 3 fully saturated rings. The zero-order valence-electron chi connectivity index (χ0n) is 19.2. The van der Waals surface area contributed by atoms with E-state index in [1.165, 1.54) is 12.8 Å². The normalized spacial score (nSPS) is 27.1. The van der Waals surface area contributed by atoms with Gasteiger partial charge in [-0.3, -0.25) is 0 Å². The third-order valence-corrected chi connectivity index (χ3v) is 6.63. The van der Waals surface area contributed by atoms with Crippen LogP contribution in [0.5, 0.6) is 11.6 Å². The first-order valence-electron chi connectivity index (χ1n) is 12.0. The minimum absolute atomic E-state index is 0. The molecule has 2 atom stereocenters. The third kappa shape index (κ3) is 6.28. The van der Waals surface area contributed by atoms with Crippen LogP contribution in [0.2, 0.25) is 0 Å². The highest BCUT2D eigenvalue weighted by atomic mass is 35.5. The second kappa shape index (κ2) is 11.4. The monoisotopic (exact) mass is 475 g/mol. The SMILES string of the molecule is CC1CCC(Nc2ncc(-c3ccc(OC4CCOC4)cc3)c(OC3CCOC3)n2)CC1.Cl. The van der Waals surface area contributed by atoms with Crippen LogP contribution in [-0.4, -0.2) is 54.6 Å². The minimum Gasteiger partial charge on any atom is -0.488 e. The summed E-state index contributed by atoms with van der Waals surface area (Å²) in [7, 11) is 0. The molecule has 2 saturated heterocycles. The molecule has 8 heteroatoms. The van der Waals surface area contributed by atoms with Gasteiger partial charge in [-0.1, -0.05) is 19.1 Å². The Morgan fingerprint density at radius 3 is 2.18 bits per heavy atom. The first kappa shape index (κ1) is 24.0. The van der Waals surface area contributed by atoms with Crippen LogP contribution in [0.25, 0.3) is 11.1 Å². The maximum atomic E-state index is 6.28. The highest BCUT2D eigenvalue weighted by Gasteiger charge is 2.23. The average Bonchev–Trinajstić information content (AvgIpc) is 3.51. The van der Waals surface area contributed by atoms with Gasteiger partial charge in [0.15, 0.2) is 0 Å². The molecule has 3 aliphatic rings. The summed E-state index contributed by atoms with van der Waals surface area (Å²) in [5, 5.41) is 3.53. The van der Waals surface area contributed by atoms with Gasteiger partial charge < -0.3 is 24.3 Å². The van der Waals surface area contributed by atoms with Crippen LogP contribution >= 0.6 is 12.4 Å². The molecule has 0 bridgehead atoms. The lowest BCUT2D eigenvalue weighted by atomic mass is 9.87. The standard InChI is InChI=1S/C25H33N3O4.ClH/c1-17-2-6-19(7-3-17)27-25-26-14-23(24(28-25)32-22-11-13-30-16-22)18-4-8-20(9-5-18)31-21-10-12-29-15-21;/h4-5,8-9,14,17,19,21-22H,2-3,6-7,10-13,15-16H2,1H3,(H,26,27,28);1H. The largest absolute Gasteiger partial charge is 0.488 e. The molecule has 5 rings (SSSR count). The maximum Gasteiger partial charge on any atom is 0.226 e. The van der Waals surface area contributed by atoms with Gasteiger partial charge in [0.05, 0.1) is 32.0 Å². The Morgan fingerprint density at radius 1 is 0.879 bits per heavy atom. The van der Waals surface area contributed by atoms with Crippen LogP contribution in [0.4, 0.5) is 5.95 Å². The van der Waals surface area contributed by atoms with E-state index >= 15 is 0 Å². The van der Waals surface area contributed by atoms with Gasteiger partial charge in [0, 0.05) is 25.1 Å². The number of aromatic nitrogens is 2. The molecule has 1 saturated carbocycles. The summed E-state index contributed by atoms with van der Waals surface area (Å²) in [6.07, 6.45) is 8.66. The predicted molar refractivity (Wildman–Crippen MR) is 129 cm³/mol. The molecule has 180 valence electrons. The molecule has 33 heavy (non-hydrogen) atoms. The van der Waals surface area contributed by atoms with Crippen molar-refractivity contribution in [2.24, 2.45) is 5.92 Å². The fourth-order valence-electron chi connectivity index (χ4n) is 4.59. The lowest BCUT2D eigenvalue weighted by Gasteiger charge is -2.27. The molecule has 2 unspecified atom stereocenters. The molecule has 1 N–H and O–H groups in total. The number of halogens is 1. The molecule has 7 nitrogen and oxygen atoms in total. The first-order chi connectivity index (χ1) is 15.7. The van der Waals surface area contributed by atoms with Crippen LogP contribution in [-0.2, 0) is 9.47 Å². The number of hydrogen-bond donors (Lipinski definition) is 1. The van der Waals surface area contributed by atoms with E-state index in [9.17, 15) is 0 Å². The fraction of sp³-hybridized carbons (Fsp3) is 0.600. The van der Waals surface area contributed by atoms with Gasteiger partial charge in [0.1, 0.15) is 18.0 Å². The summed E-state index contributed by atoms with van der Waals surface area (Å²) in [4.78, 5) is 9.41. The number of anilines is 1. The third-order valence-electron chi connectivity index (χ3n) is 6.63. The molecule has 0 spiro atoms. The highest BCUT2D eigenvalue weighted by Crippen LogP contribution is 2.33. The summed E-state index contributed by atoms with van der Waals surface area (Å²) in [6, 6.07) is 8.49. The van der Waals surface area contributed by atoms with Gasteiger partial charge in [-0.15, -0.1) is 12.4 Å². The predicted octanol–water partition coefficient (Wildman–Crippen LogP) is 4.89. The van der Waals surface area contributed by atoms with Crippen molar-refractivity contribution in [3.63, 3.8) is 0 Å². The van der Waals surface area contributed by atoms with Crippen LogP contribution in [0.15, 0.2) is 30.5 Å². The Kier molecular flexibility index (Phi) is 8.28. The van der Waals surface area contributed by atoms with Crippen molar-refractivity contribution < 1.29 is 18.9 Å². The van der Waals surface area contributed by atoms with Gasteiger partial charge >= 0.3 is 0 Å². The summed E-state index contributed by atoms with van der Waals surface area (Å²) >= 11 is 0. The molecule has 1 aromatic heterocycles. The maximum absolute atomic E-state index is 6.28. The van der Waals surface area contributed by atoms with Crippen LogP contribution in [0.3, 0.4) is 0 Å². The number of nitrogens with zero attached hydrogens (tertiary/aromatic N) is 2. The smallest absolute Gasteiger partial charge is 0.226 e. The average molecular weight is 476 g/mol. The number of benzene rings is 1. The van der Waals surface area contributed by atoms with E-state index in [0.29, 0.717) is 31.1 Å². The van der Waals surface area contributed by atoms with Gasteiger partial charge in [0.2, 0.25) is 11.8 Å². The molecule has 3 heterocycles. The highest BCUT2D eigenvalue weighted by molar-refractivity contribution is 5.85. The lowest BCUT2D eigenvalue weighted by Crippen LogP contribution is -2.26. The quantitative estimate of drug-likeness (QED) is 0.610. The second-order valence-electron chi connectivity index (χ2n) is 9.24. The van der Waals surface area contributed by atoms with Crippen molar-refractivity contribution in [1.29, 1.82) is 0 Å². The zero-order chi connectivity index (χ0) is 21.8. The van der Waals surface area contributed by atoms with Crippen LogP contribution in [0.1, 0.15) is 45.4 Å². The Labute approximate surface area is 202 Å². The molecule has 1 aliphatic carbocycles. The van der Waals surface area contributed by atoms with E-state index in [1.54, 1.807) is 0 Å². The Balaban J connectivity index is 0.00000259. The van der Waals surface area contributed by atoms with Gasteiger partial charge in [-0.05, 0) is 49.3 Å². The zero-order valence-corrected chi connectivity index (χ0v) is 20.0. The van der Waals surface area contributed by atoms with Crippen molar-refractivity contribution in [3.8, 4) is 22.8 Å². The molecule has 1 aromatic carbocycles. The molecular formula is C25H34ClN3O4. The minimum atomic E-state index is 0. The van der Waals surface area contributed by atoms with E-state index in [-0.39, 0.29) is 24.6 Å². The van der Waals surface area contributed by atoms with Crippen LogP contribution in [0, 0.1) is 5.92 Å². The summed E-state index contributed by atoms with van der Waals surface area (Å²) < 4.78 is 23.2. The molecular weight excluding hydrogens is 442 g/mol. The first-order valence-corrected chi connectivity index (χ1v) is 12.0. The molecule has 0 radical (unpaired) electrons. The number of hydrogen-bond acceptors (Lipinski definition) is 7. The van der Waals surface area contributed by atoms with Crippen molar-refractivity contribution >= 4 is 18.4 Å². The van der Waals surface area contributed by atoms with Crippen molar-refractivity contribution in [2.45, 2.75) is 63.7 Å². The van der Waals surface area contributed by atoms with Crippen molar-refractivity contribution in [2.75, 3.05) is 31.7 Å². The van der Waals surface area contributed by atoms with E-state index in [0.717, 1.165) is 61.7 Å². The van der Waals surface area contributed by atoms with E-state index in [4.69, 9.17) is 23.9 Å². The summed E-state index contributed by atoms with van der Waals surface area (Å²) in [5.41, 5.74) is 1.89. The van der Waals surface area contributed by atoms with E-state index in [2.05, 4.69) is 17.2 Å². The summed E-state index contributed by atoms with van der Waals surface area (Å²) in [5.74, 6) is 2.91. The number of ether oxygens (including phenoxy) is 4. The van der Waals surface area contributed by atoms with Crippen LogP contribution < -0.4 is 14.8 Å². The van der Waals surface area contributed by atoms with Crippen molar-refractivity contribution in [3.05, 3.63) is 30.5 Å². The van der Waals surface area contributed by atoms with Gasteiger partial charge in [-0.2, -0.15) is 4.98 Å². The summed E-state index contributed by atoms with van der Waals surface area (Å²) in [6.45, 7) is 5.09.